The molecule has 0 radical (unpaired) electrons. The summed E-state index contributed by atoms with van der Waals surface area (Å²) in [5.41, 5.74) is 4.71. The Balaban J connectivity index is 2.31. The van der Waals surface area contributed by atoms with Crippen molar-refractivity contribution >= 4 is 11.9 Å². The van der Waals surface area contributed by atoms with Crippen LogP contribution in [0.2, 0.25) is 0 Å². The SMILES string of the molecule is CCCCCCCCCCCC(N)(C(=O)O)C(=O)OCc1ccccc1. The number of carboxylic acid groups (broad SMARTS) is 1. The van der Waals surface area contributed by atoms with E-state index in [0.717, 1.165) is 24.8 Å². The third-order valence-corrected chi connectivity index (χ3v) is 4.63. The van der Waals surface area contributed by atoms with E-state index in [2.05, 4.69) is 6.92 Å². The van der Waals surface area contributed by atoms with Gasteiger partial charge in [-0.05, 0) is 12.0 Å². The average molecular weight is 363 g/mol. The van der Waals surface area contributed by atoms with Crippen LogP contribution in [0.4, 0.5) is 0 Å². The first kappa shape index (κ1) is 22.2. The minimum absolute atomic E-state index is 0.0314. The fourth-order valence-electron chi connectivity index (χ4n) is 2.86. The smallest absolute Gasteiger partial charge is 0.338 e. The maximum Gasteiger partial charge on any atom is 0.338 e. The number of hydrogen-bond acceptors (Lipinski definition) is 4. The summed E-state index contributed by atoms with van der Waals surface area (Å²) in [5, 5.41) is 9.40. The van der Waals surface area contributed by atoms with E-state index in [4.69, 9.17) is 10.5 Å². The third kappa shape index (κ3) is 8.00. The molecule has 1 rings (SSSR count). The zero-order valence-electron chi connectivity index (χ0n) is 15.9. The molecule has 5 nitrogen and oxygen atoms in total. The predicted molar refractivity (Wildman–Crippen MR) is 103 cm³/mol. The lowest BCUT2D eigenvalue weighted by molar-refractivity contribution is -0.162. The Kier molecular flexibility index (Phi) is 10.6. The zero-order valence-corrected chi connectivity index (χ0v) is 15.9. The van der Waals surface area contributed by atoms with E-state index in [-0.39, 0.29) is 13.0 Å². The first-order valence-electron chi connectivity index (χ1n) is 9.74. The summed E-state index contributed by atoms with van der Waals surface area (Å²) in [4.78, 5) is 23.7. The summed E-state index contributed by atoms with van der Waals surface area (Å²) in [7, 11) is 0. The van der Waals surface area contributed by atoms with Gasteiger partial charge in [0.15, 0.2) is 0 Å². The van der Waals surface area contributed by atoms with Gasteiger partial charge in [-0.2, -0.15) is 0 Å². The Labute approximate surface area is 156 Å². The van der Waals surface area contributed by atoms with Crippen molar-refractivity contribution in [1.82, 2.24) is 0 Å². The first-order valence-corrected chi connectivity index (χ1v) is 9.74. The molecule has 0 aliphatic rings. The number of aliphatic carboxylic acids is 1. The Hall–Kier alpha value is -1.88. The molecule has 0 aromatic heterocycles. The van der Waals surface area contributed by atoms with Crippen molar-refractivity contribution in [3.05, 3.63) is 35.9 Å². The highest BCUT2D eigenvalue weighted by molar-refractivity contribution is 6.03. The molecule has 0 fully saturated rings. The lowest BCUT2D eigenvalue weighted by atomic mass is 9.93. The normalized spacial score (nSPS) is 13.2. The number of carbonyl (C=O) groups excluding carboxylic acids is 1. The third-order valence-electron chi connectivity index (χ3n) is 4.63. The maximum absolute atomic E-state index is 12.2. The molecule has 1 aromatic carbocycles. The summed E-state index contributed by atoms with van der Waals surface area (Å²) >= 11 is 0. The molecular weight excluding hydrogens is 330 g/mol. The summed E-state index contributed by atoms with van der Waals surface area (Å²) in [6.07, 6.45) is 10.1. The van der Waals surface area contributed by atoms with Crippen LogP contribution in [0.5, 0.6) is 0 Å². The lowest BCUT2D eigenvalue weighted by Gasteiger charge is -2.22. The number of ether oxygens (including phenoxy) is 1. The second-order valence-corrected chi connectivity index (χ2v) is 6.92. The fourth-order valence-corrected chi connectivity index (χ4v) is 2.86. The Bertz CT molecular complexity index is 532. The Morgan fingerprint density at radius 1 is 0.962 bits per heavy atom. The Morgan fingerprint density at radius 2 is 1.50 bits per heavy atom. The van der Waals surface area contributed by atoms with Gasteiger partial charge in [0, 0.05) is 0 Å². The molecular formula is C21H33NO4. The van der Waals surface area contributed by atoms with Gasteiger partial charge >= 0.3 is 11.9 Å². The number of nitrogens with two attached hydrogens (primary N) is 1. The molecule has 1 aromatic rings. The Morgan fingerprint density at radius 3 is 2.04 bits per heavy atom. The van der Waals surface area contributed by atoms with Gasteiger partial charge in [-0.1, -0.05) is 95.0 Å². The van der Waals surface area contributed by atoms with Crippen LogP contribution in [0.25, 0.3) is 0 Å². The molecule has 0 amide bonds. The highest BCUT2D eigenvalue weighted by atomic mass is 16.5. The van der Waals surface area contributed by atoms with Crippen molar-refractivity contribution in [2.45, 2.75) is 83.3 Å². The topological polar surface area (TPSA) is 89.6 Å². The molecule has 26 heavy (non-hydrogen) atoms. The quantitative estimate of drug-likeness (QED) is 0.290. The van der Waals surface area contributed by atoms with Crippen molar-refractivity contribution in [3.8, 4) is 0 Å². The van der Waals surface area contributed by atoms with Crippen molar-refractivity contribution in [2.24, 2.45) is 5.73 Å². The van der Waals surface area contributed by atoms with Gasteiger partial charge < -0.3 is 15.6 Å². The molecule has 0 spiro atoms. The van der Waals surface area contributed by atoms with Gasteiger partial charge in [-0.15, -0.1) is 0 Å². The zero-order chi connectivity index (χ0) is 19.3. The number of carbonyl (C=O) groups is 2. The summed E-state index contributed by atoms with van der Waals surface area (Å²) in [6.45, 7) is 2.23. The van der Waals surface area contributed by atoms with Crippen LogP contribution in [-0.4, -0.2) is 22.6 Å². The van der Waals surface area contributed by atoms with Crippen LogP contribution in [-0.2, 0) is 20.9 Å². The number of rotatable bonds is 14. The summed E-state index contributed by atoms with van der Waals surface area (Å²) < 4.78 is 5.14. The van der Waals surface area contributed by atoms with Gasteiger partial charge in [-0.25, -0.2) is 9.59 Å². The number of carboxylic acids is 1. The van der Waals surface area contributed by atoms with Crippen molar-refractivity contribution in [3.63, 3.8) is 0 Å². The van der Waals surface area contributed by atoms with Gasteiger partial charge in [0.25, 0.3) is 0 Å². The number of hydrogen-bond donors (Lipinski definition) is 2. The minimum atomic E-state index is -1.96. The molecule has 5 heteroatoms. The van der Waals surface area contributed by atoms with Gasteiger partial charge in [0.1, 0.15) is 6.61 Å². The molecule has 0 saturated carbocycles. The van der Waals surface area contributed by atoms with Crippen LogP contribution in [0, 0.1) is 0 Å². The fraction of sp³-hybridized carbons (Fsp3) is 0.619. The van der Waals surface area contributed by atoms with Crippen molar-refractivity contribution < 1.29 is 19.4 Å². The van der Waals surface area contributed by atoms with E-state index >= 15 is 0 Å². The molecule has 146 valence electrons. The summed E-state index contributed by atoms with van der Waals surface area (Å²) in [6, 6.07) is 9.15. The van der Waals surface area contributed by atoms with Crippen LogP contribution in [0.1, 0.15) is 76.7 Å². The number of unbranched alkanes of at least 4 members (excludes halogenated alkanes) is 8. The van der Waals surface area contributed by atoms with Crippen LogP contribution in [0.15, 0.2) is 30.3 Å². The second kappa shape index (κ2) is 12.5. The second-order valence-electron chi connectivity index (χ2n) is 6.92. The maximum atomic E-state index is 12.2. The molecule has 0 heterocycles. The molecule has 0 saturated heterocycles. The number of benzene rings is 1. The summed E-state index contributed by atoms with van der Waals surface area (Å²) in [5.74, 6) is -2.19. The molecule has 3 N–H and O–H groups in total. The number of esters is 1. The van der Waals surface area contributed by atoms with Gasteiger partial charge in [-0.3, -0.25) is 0 Å². The average Bonchev–Trinajstić information content (AvgIpc) is 2.65. The molecule has 0 aliphatic carbocycles. The predicted octanol–water partition coefficient (Wildman–Crippen LogP) is 4.43. The highest BCUT2D eigenvalue weighted by Gasteiger charge is 2.43. The van der Waals surface area contributed by atoms with E-state index < -0.39 is 17.5 Å². The van der Waals surface area contributed by atoms with E-state index in [1.165, 1.54) is 32.1 Å². The molecule has 0 bridgehead atoms. The van der Waals surface area contributed by atoms with E-state index in [9.17, 15) is 14.7 Å². The standard InChI is InChI=1S/C21H33NO4/c1-2-3-4-5-6-7-8-9-13-16-21(22,19(23)24)20(25)26-17-18-14-11-10-12-15-18/h10-12,14-15H,2-9,13,16-17,22H2,1H3,(H,23,24). The van der Waals surface area contributed by atoms with Gasteiger partial charge in [0.2, 0.25) is 5.54 Å². The highest BCUT2D eigenvalue weighted by Crippen LogP contribution is 2.18. The van der Waals surface area contributed by atoms with Crippen LogP contribution < -0.4 is 5.73 Å². The van der Waals surface area contributed by atoms with E-state index in [0.29, 0.717) is 6.42 Å². The molecule has 0 aliphatic heterocycles. The first-order chi connectivity index (χ1) is 12.5. The van der Waals surface area contributed by atoms with Crippen LogP contribution in [0.3, 0.4) is 0 Å². The van der Waals surface area contributed by atoms with Crippen LogP contribution >= 0.6 is 0 Å². The largest absolute Gasteiger partial charge is 0.479 e. The van der Waals surface area contributed by atoms with E-state index in [1.807, 2.05) is 30.3 Å². The van der Waals surface area contributed by atoms with Crippen molar-refractivity contribution in [2.75, 3.05) is 0 Å². The molecule has 1 unspecified atom stereocenters. The minimum Gasteiger partial charge on any atom is -0.479 e. The lowest BCUT2D eigenvalue weighted by Crippen LogP contribution is -2.55. The molecule has 1 atom stereocenters. The van der Waals surface area contributed by atoms with Gasteiger partial charge in [0.05, 0.1) is 0 Å². The monoisotopic (exact) mass is 363 g/mol. The van der Waals surface area contributed by atoms with E-state index in [1.54, 1.807) is 0 Å². The van der Waals surface area contributed by atoms with Crippen molar-refractivity contribution in [1.29, 1.82) is 0 Å².